The maximum Gasteiger partial charge on any atom is 0.165 e. The fourth-order valence-electron chi connectivity index (χ4n) is 3.99. The molecular formula is C22H23BrN6O2. The van der Waals surface area contributed by atoms with Crippen LogP contribution in [0.4, 0.5) is 5.82 Å². The van der Waals surface area contributed by atoms with Crippen molar-refractivity contribution in [1.82, 2.24) is 24.9 Å². The van der Waals surface area contributed by atoms with Crippen LogP contribution in [0, 0.1) is 0 Å². The van der Waals surface area contributed by atoms with E-state index in [1.54, 1.807) is 17.8 Å². The second-order valence-corrected chi connectivity index (χ2v) is 8.39. The van der Waals surface area contributed by atoms with Gasteiger partial charge in [-0.15, -0.1) is 0 Å². The Kier molecular flexibility index (Phi) is 5.58. The molecule has 0 amide bonds. The highest BCUT2D eigenvalue weighted by molar-refractivity contribution is 9.10. The van der Waals surface area contributed by atoms with Gasteiger partial charge in [-0.1, -0.05) is 18.2 Å². The Morgan fingerprint density at radius 1 is 1.32 bits per heavy atom. The average molecular weight is 483 g/mol. The lowest BCUT2D eigenvalue weighted by atomic mass is 10.1. The summed E-state index contributed by atoms with van der Waals surface area (Å²) >= 11 is 3.60. The molecule has 1 saturated heterocycles. The molecule has 1 aromatic carbocycles. The Morgan fingerprint density at radius 3 is 3.06 bits per heavy atom. The minimum absolute atomic E-state index is 0.0165. The molecule has 0 aliphatic carbocycles. The largest absolute Gasteiger partial charge is 0.383 e. The van der Waals surface area contributed by atoms with Crippen molar-refractivity contribution in [3.05, 3.63) is 52.9 Å². The number of fused-ring (bicyclic) bond motifs is 2. The van der Waals surface area contributed by atoms with E-state index in [-0.39, 0.29) is 12.1 Å². The predicted octanol–water partition coefficient (Wildman–Crippen LogP) is 3.18. The van der Waals surface area contributed by atoms with Crippen molar-refractivity contribution >= 4 is 38.3 Å². The van der Waals surface area contributed by atoms with Crippen molar-refractivity contribution in [2.75, 3.05) is 26.1 Å². The normalized spacial score (nSPS) is 19.3. The van der Waals surface area contributed by atoms with E-state index in [4.69, 9.17) is 20.2 Å². The van der Waals surface area contributed by atoms with E-state index in [0.29, 0.717) is 24.6 Å². The summed E-state index contributed by atoms with van der Waals surface area (Å²) in [6, 6.07) is 10.3. The van der Waals surface area contributed by atoms with E-state index < -0.39 is 0 Å². The van der Waals surface area contributed by atoms with E-state index in [1.807, 2.05) is 30.5 Å². The summed E-state index contributed by atoms with van der Waals surface area (Å²) in [6.45, 7) is 1.85. The number of aromatic nitrogens is 4. The number of nitrogen functional groups attached to an aromatic ring is 1. The molecule has 4 aromatic rings. The summed E-state index contributed by atoms with van der Waals surface area (Å²) in [5.41, 5.74) is 10.7. The zero-order valence-corrected chi connectivity index (χ0v) is 18.7. The monoisotopic (exact) mass is 482 g/mol. The molecule has 0 spiro atoms. The molecule has 9 heteroatoms. The third-order valence-corrected chi connectivity index (χ3v) is 6.60. The number of rotatable bonds is 5. The molecule has 0 radical (unpaired) electrons. The second kappa shape index (κ2) is 8.51. The third-order valence-electron chi connectivity index (χ3n) is 5.73. The number of nitrogens with zero attached hydrogens (tertiary/aromatic N) is 4. The van der Waals surface area contributed by atoms with Gasteiger partial charge in [0.15, 0.2) is 5.65 Å². The molecule has 1 fully saturated rings. The van der Waals surface area contributed by atoms with Gasteiger partial charge >= 0.3 is 0 Å². The highest BCUT2D eigenvalue weighted by Crippen LogP contribution is 2.30. The Labute approximate surface area is 187 Å². The highest BCUT2D eigenvalue weighted by Gasteiger charge is 2.26. The number of para-hydroxylation sites is 1. The number of hydrogen-bond acceptors (Lipinski definition) is 7. The number of methoxy groups -OCH3 is 1. The van der Waals surface area contributed by atoms with E-state index in [9.17, 15) is 0 Å². The van der Waals surface area contributed by atoms with Crippen molar-refractivity contribution in [2.45, 2.75) is 25.1 Å². The summed E-state index contributed by atoms with van der Waals surface area (Å²) in [5.74, 6) is 0.511. The van der Waals surface area contributed by atoms with Crippen LogP contribution in [0.3, 0.4) is 0 Å². The number of ether oxygens (including phenoxy) is 2. The van der Waals surface area contributed by atoms with Crippen molar-refractivity contribution in [1.29, 1.82) is 0 Å². The molecule has 2 atom stereocenters. The molecule has 0 saturated carbocycles. The Bertz CT molecular complexity index is 1240. The SMILES string of the molecule is COC1COCCC1NCc1nc2c(-c3cnc4ccccc4c3)cnn2c(N)c1Br. The first-order valence-corrected chi connectivity index (χ1v) is 11.0. The van der Waals surface area contributed by atoms with Crippen LogP contribution >= 0.6 is 15.9 Å². The molecule has 1 aliphatic rings. The first kappa shape index (κ1) is 20.3. The van der Waals surface area contributed by atoms with E-state index >= 15 is 0 Å². The minimum atomic E-state index is 0.0165. The maximum absolute atomic E-state index is 6.39. The fraction of sp³-hybridized carbons (Fsp3) is 0.318. The van der Waals surface area contributed by atoms with Crippen LogP contribution in [0.25, 0.3) is 27.7 Å². The molecule has 1 aliphatic heterocycles. The number of nitrogens with one attached hydrogen (secondary N) is 1. The van der Waals surface area contributed by atoms with Gasteiger partial charge in [-0.25, -0.2) is 4.98 Å². The van der Waals surface area contributed by atoms with Crippen molar-refractivity contribution in [2.24, 2.45) is 0 Å². The first-order chi connectivity index (χ1) is 15.2. The Morgan fingerprint density at radius 2 is 2.19 bits per heavy atom. The fourth-order valence-corrected chi connectivity index (χ4v) is 4.38. The van der Waals surface area contributed by atoms with Gasteiger partial charge in [0.25, 0.3) is 0 Å². The van der Waals surface area contributed by atoms with Crippen molar-refractivity contribution in [3.63, 3.8) is 0 Å². The van der Waals surface area contributed by atoms with E-state index in [1.165, 1.54) is 0 Å². The van der Waals surface area contributed by atoms with Crippen LogP contribution in [-0.4, -0.2) is 52.1 Å². The molecule has 2 unspecified atom stereocenters. The van der Waals surface area contributed by atoms with Gasteiger partial charge in [0.2, 0.25) is 0 Å². The Hall–Kier alpha value is -2.59. The van der Waals surface area contributed by atoms with Crippen LogP contribution in [-0.2, 0) is 16.0 Å². The van der Waals surface area contributed by atoms with Gasteiger partial charge in [0.1, 0.15) is 5.82 Å². The second-order valence-electron chi connectivity index (χ2n) is 7.59. The van der Waals surface area contributed by atoms with Crippen LogP contribution in [0.15, 0.2) is 47.2 Å². The number of nitrogens with two attached hydrogens (primary N) is 1. The minimum Gasteiger partial charge on any atom is -0.383 e. The van der Waals surface area contributed by atoms with E-state index in [0.717, 1.165) is 45.2 Å². The number of benzene rings is 1. The van der Waals surface area contributed by atoms with Crippen molar-refractivity contribution < 1.29 is 9.47 Å². The topological polar surface area (TPSA) is 99.6 Å². The van der Waals surface area contributed by atoms with Crippen LogP contribution in [0.1, 0.15) is 12.1 Å². The molecule has 160 valence electrons. The molecule has 5 rings (SSSR count). The first-order valence-electron chi connectivity index (χ1n) is 10.2. The lowest BCUT2D eigenvalue weighted by Gasteiger charge is -2.31. The molecule has 4 heterocycles. The standard InChI is InChI=1S/C22H23BrN6O2/c1-30-19-12-31-7-6-17(19)26-11-18-20(23)21(24)29-22(28-18)15(10-27-29)14-8-13-4-2-3-5-16(13)25-9-14/h2-5,8-10,17,19,26H,6-7,11-12,24H2,1H3. The van der Waals surface area contributed by atoms with Crippen LogP contribution < -0.4 is 11.1 Å². The summed E-state index contributed by atoms with van der Waals surface area (Å²) < 4.78 is 13.5. The third kappa shape index (κ3) is 3.78. The lowest BCUT2D eigenvalue weighted by Crippen LogP contribution is -2.47. The Balaban J connectivity index is 1.50. The van der Waals surface area contributed by atoms with Gasteiger partial charge in [0.05, 0.1) is 34.6 Å². The molecule has 31 heavy (non-hydrogen) atoms. The number of halogens is 1. The summed E-state index contributed by atoms with van der Waals surface area (Å²) in [4.78, 5) is 9.48. The number of hydrogen-bond donors (Lipinski definition) is 2. The molecule has 0 bridgehead atoms. The zero-order valence-electron chi connectivity index (χ0n) is 17.1. The average Bonchev–Trinajstić information content (AvgIpc) is 3.24. The van der Waals surface area contributed by atoms with E-state index in [2.05, 4.69) is 37.4 Å². The molecule has 8 nitrogen and oxygen atoms in total. The van der Waals surface area contributed by atoms with Crippen molar-refractivity contribution in [3.8, 4) is 11.1 Å². The molecular weight excluding hydrogens is 460 g/mol. The summed E-state index contributed by atoms with van der Waals surface area (Å²) in [5, 5.41) is 9.08. The van der Waals surface area contributed by atoms with Gasteiger partial charge in [-0.2, -0.15) is 9.61 Å². The van der Waals surface area contributed by atoms with Gasteiger partial charge < -0.3 is 20.5 Å². The van der Waals surface area contributed by atoms with Crippen LogP contribution in [0.5, 0.6) is 0 Å². The molecule has 3 N–H and O–H groups in total. The predicted molar refractivity (Wildman–Crippen MR) is 123 cm³/mol. The molecule has 3 aromatic heterocycles. The lowest BCUT2D eigenvalue weighted by molar-refractivity contribution is -0.0502. The summed E-state index contributed by atoms with van der Waals surface area (Å²) in [7, 11) is 1.71. The zero-order chi connectivity index (χ0) is 21.4. The van der Waals surface area contributed by atoms with Gasteiger partial charge in [-0.05, 0) is 34.5 Å². The van der Waals surface area contributed by atoms with Gasteiger partial charge in [0, 0.05) is 49.0 Å². The maximum atomic E-state index is 6.39. The van der Waals surface area contributed by atoms with Crippen LogP contribution in [0.2, 0.25) is 0 Å². The van der Waals surface area contributed by atoms with Gasteiger partial charge in [-0.3, -0.25) is 4.98 Å². The highest BCUT2D eigenvalue weighted by atomic mass is 79.9. The summed E-state index contributed by atoms with van der Waals surface area (Å²) in [6.07, 6.45) is 4.53. The number of anilines is 1. The quantitative estimate of drug-likeness (QED) is 0.450. The smallest absolute Gasteiger partial charge is 0.165 e. The number of pyridine rings is 1.